The molecule has 1 aromatic heterocycles. The maximum absolute atomic E-state index is 14.7. The molecule has 284 valence electrons. The van der Waals surface area contributed by atoms with Gasteiger partial charge in [0, 0.05) is 47.1 Å². The van der Waals surface area contributed by atoms with E-state index in [1.807, 2.05) is 24.3 Å². The molecule has 0 saturated carbocycles. The number of rotatable bonds is 14. The molecule has 0 radical (unpaired) electrons. The fourth-order valence-corrected chi connectivity index (χ4v) is 12.8. The van der Waals surface area contributed by atoms with E-state index < -0.39 is 25.7 Å². The smallest absolute Gasteiger partial charge is 0.338 e. The van der Waals surface area contributed by atoms with Gasteiger partial charge in [0.1, 0.15) is 11.6 Å². The standard InChI is InChI=1S/C48H45ClFNO4Si/c1-48(2,3)56(38-20-12-6-13-21-38,39-22-14-7-15-23-39)55-31-29-45-40(28-30-54-37-25-26-41(47(52)53)43(50)33-37)42-32-36(49)24-27-44(42)51(45)46(34-16-8-4-9-17-34)35-18-10-5-11-19-35/h4-27,32-33,46H,28-31H2,1-3H3,(H,52,53). The number of fused-ring (bicyclic) bond motifs is 1. The number of benzene rings is 6. The zero-order valence-corrected chi connectivity index (χ0v) is 33.5. The molecule has 56 heavy (non-hydrogen) atoms. The van der Waals surface area contributed by atoms with Crippen LogP contribution in [0, 0.1) is 5.82 Å². The Labute approximate surface area is 334 Å². The first-order chi connectivity index (χ1) is 27.1. The minimum Gasteiger partial charge on any atom is -0.493 e. The Morgan fingerprint density at radius 3 is 1.80 bits per heavy atom. The van der Waals surface area contributed by atoms with E-state index in [2.05, 4.69) is 141 Å². The summed E-state index contributed by atoms with van der Waals surface area (Å²) in [6.45, 7) is 7.53. The quantitative estimate of drug-likeness (QED) is 0.112. The molecular formula is C48H45ClFNO4Si. The van der Waals surface area contributed by atoms with Gasteiger partial charge in [0.05, 0.1) is 18.2 Å². The van der Waals surface area contributed by atoms with Crippen molar-refractivity contribution in [2.24, 2.45) is 0 Å². The lowest BCUT2D eigenvalue weighted by atomic mass is 9.97. The van der Waals surface area contributed by atoms with Crippen LogP contribution in [-0.2, 0) is 17.3 Å². The molecule has 5 nitrogen and oxygen atoms in total. The number of aromatic nitrogens is 1. The first-order valence-corrected chi connectivity index (χ1v) is 21.2. The minimum atomic E-state index is -2.86. The van der Waals surface area contributed by atoms with Gasteiger partial charge >= 0.3 is 5.97 Å². The number of ether oxygens (including phenoxy) is 1. The van der Waals surface area contributed by atoms with Crippen molar-refractivity contribution >= 4 is 47.2 Å². The Balaban J connectivity index is 1.36. The Hall–Kier alpha value is -5.47. The van der Waals surface area contributed by atoms with E-state index >= 15 is 0 Å². The number of carboxylic acid groups (broad SMARTS) is 1. The molecule has 7 aromatic rings. The summed E-state index contributed by atoms with van der Waals surface area (Å²) in [5.41, 5.74) is 5.06. The Bertz CT molecular complexity index is 2340. The molecule has 0 spiro atoms. The number of hydrogen-bond acceptors (Lipinski definition) is 3. The van der Waals surface area contributed by atoms with Crippen LogP contribution < -0.4 is 15.1 Å². The average molecular weight is 782 g/mol. The highest BCUT2D eigenvalue weighted by molar-refractivity contribution is 6.99. The number of hydrogen-bond donors (Lipinski definition) is 1. The SMILES string of the molecule is CC(C)(C)[Si](OCCc1c(CCOc2ccc(C(=O)O)c(F)c2)c2cc(Cl)ccc2n1C(c1ccccc1)c1ccccc1)(c1ccccc1)c1ccccc1. The fourth-order valence-electron chi connectivity index (χ4n) is 8.11. The molecule has 0 fully saturated rings. The Kier molecular flexibility index (Phi) is 11.6. The molecule has 0 aliphatic carbocycles. The Morgan fingerprint density at radius 1 is 0.732 bits per heavy atom. The van der Waals surface area contributed by atoms with Crippen LogP contribution in [0.5, 0.6) is 5.75 Å². The van der Waals surface area contributed by atoms with Gasteiger partial charge in [-0.1, -0.05) is 154 Å². The molecule has 1 heterocycles. The van der Waals surface area contributed by atoms with Crippen molar-refractivity contribution in [2.75, 3.05) is 13.2 Å². The van der Waals surface area contributed by atoms with E-state index in [4.69, 9.17) is 20.8 Å². The van der Waals surface area contributed by atoms with Crippen LogP contribution in [0.4, 0.5) is 4.39 Å². The van der Waals surface area contributed by atoms with Crippen LogP contribution in [0.1, 0.15) is 59.6 Å². The fraction of sp³-hybridized carbons (Fsp3) is 0.188. The largest absolute Gasteiger partial charge is 0.493 e. The molecule has 0 atom stereocenters. The maximum Gasteiger partial charge on any atom is 0.338 e. The van der Waals surface area contributed by atoms with E-state index in [1.165, 1.54) is 22.5 Å². The normalized spacial score (nSPS) is 12.0. The van der Waals surface area contributed by atoms with E-state index in [-0.39, 0.29) is 23.4 Å². The third-order valence-electron chi connectivity index (χ3n) is 10.5. The molecule has 8 heteroatoms. The molecule has 0 aliphatic heterocycles. The van der Waals surface area contributed by atoms with Crippen molar-refractivity contribution in [3.8, 4) is 5.75 Å². The van der Waals surface area contributed by atoms with Crippen LogP contribution in [0.25, 0.3) is 10.9 Å². The molecule has 1 N–H and O–H groups in total. The highest BCUT2D eigenvalue weighted by Gasteiger charge is 2.50. The predicted molar refractivity (Wildman–Crippen MR) is 227 cm³/mol. The third kappa shape index (κ3) is 7.80. The molecule has 0 amide bonds. The summed E-state index contributed by atoms with van der Waals surface area (Å²) in [7, 11) is -2.86. The van der Waals surface area contributed by atoms with Gasteiger partial charge in [0.2, 0.25) is 0 Å². The van der Waals surface area contributed by atoms with Gasteiger partial charge in [0.25, 0.3) is 8.32 Å². The van der Waals surface area contributed by atoms with Gasteiger partial charge in [-0.15, -0.1) is 0 Å². The zero-order chi connectivity index (χ0) is 39.3. The van der Waals surface area contributed by atoms with Crippen LogP contribution in [0.2, 0.25) is 10.1 Å². The maximum atomic E-state index is 14.7. The lowest BCUT2D eigenvalue weighted by Crippen LogP contribution is -2.66. The van der Waals surface area contributed by atoms with Gasteiger partial charge in [-0.3, -0.25) is 0 Å². The first kappa shape index (κ1) is 38.8. The van der Waals surface area contributed by atoms with Crippen LogP contribution in [0.15, 0.2) is 158 Å². The topological polar surface area (TPSA) is 60.7 Å². The molecule has 6 aromatic carbocycles. The molecular weight excluding hydrogens is 737 g/mol. The number of carbonyl (C=O) groups is 1. The lowest BCUT2D eigenvalue weighted by molar-refractivity contribution is 0.0691. The number of halogens is 2. The van der Waals surface area contributed by atoms with Crippen molar-refractivity contribution in [2.45, 2.75) is 44.7 Å². The van der Waals surface area contributed by atoms with Crippen molar-refractivity contribution < 1.29 is 23.5 Å². The minimum absolute atomic E-state index is 0.170. The van der Waals surface area contributed by atoms with Crippen molar-refractivity contribution in [1.82, 2.24) is 4.57 Å². The molecule has 7 rings (SSSR count). The summed E-state index contributed by atoms with van der Waals surface area (Å²) < 4.78 is 30.7. The molecule has 0 unspecified atom stereocenters. The van der Waals surface area contributed by atoms with Crippen LogP contribution in [-0.4, -0.2) is 37.2 Å². The van der Waals surface area contributed by atoms with Gasteiger partial charge in [-0.05, 0) is 62.4 Å². The third-order valence-corrected chi connectivity index (χ3v) is 15.8. The predicted octanol–water partition coefficient (Wildman–Crippen LogP) is 10.5. The Morgan fingerprint density at radius 2 is 1.29 bits per heavy atom. The summed E-state index contributed by atoms with van der Waals surface area (Å²) in [5.74, 6) is -1.90. The highest BCUT2D eigenvalue weighted by atomic mass is 35.5. The van der Waals surface area contributed by atoms with Gasteiger partial charge in [-0.2, -0.15) is 0 Å². The van der Waals surface area contributed by atoms with Crippen LogP contribution in [0.3, 0.4) is 0 Å². The van der Waals surface area contributed by atoms with E-state index in [1.54, 1.807) is 0 Å². The summed E-state index contributed by atoms with van der Waals surface area (Å²) in [6.07, 6.45) is 1.07. The zero-order valence-electron chi connectivity index (χ0n) is 31.8. The first-order valence-electron chi connectivity index (χ1n) is 18.9. The lowest BCUT2D eigenvalue weighted by Gasteiger charge is -2.43. The van der Waals surface area contributed by atoms with Gasteiger partial charge in [0.15, 0.2) is 0 Å². The van der Waals surface area contributed by atoms with Crippen molar-refractivity contribution in [1.29, 1.82) is 0 Å². The van der Waals surface area contributed by atoms with Crippen LogP contribution >= 0.6 is 11.6 Å². The summed E-state index contributed by atoms with van der Waals surface area (Å²) in [4.78, 5) is 11.4. The van der Waals surface area contributed by atoms with E-state index in [0.717, 1.165) is 39.4 Å². The molecule has 0 saturated heterocycles. The van der Waals surface area contributed by atoms with Gasteiger partial charge < -0.3 is 18.8 Å². The summed E-state index contributed by atoms with van der Waals surface area (Å²) in [5, 5.41) is 13.2. The second-order valence-electron chi connectivity index (χ2n) is 15.0. The van der Waals surface area contributed by atoms with Crippen molar-refractivity contribution in [3.05, 3.63) is 197 Å². The highest BCUT2D eigenvalue weighted by Crippen LogP contribution is 2.40. The summed E-state index contributed by atoms with van der Waals surface area (Å²) in [6, 6.07) is 52.1. The van der Waals surface area contributed by atoms with E-state index in [0.29, 0.717) is 24.5 Å². The van der Waals surface area contributed by atoms with Crippen molar-refractivity contribution in [3.63, 3.8) is 0 Å². The summed E-state index contributed by atoms with van der Waals surface area (Å²) >= 11 is 6.75. The average Bonchev–Trinajstić information content (AvgIpc) is 3.48. The van der Waals surface area contributed by atoms with Gasteiger partial charge in [-0.25, -0.2) is 9.18 Å². The number of aromatic carboxylic acids is 1. The number of nitrogens with zero attached hydrogens (tertiary/aromatic N) is 1. The second-order valence-corrected chi connectivity index (χ2v) is 19.7. The van der Waals surface area contributed by atoms with E-state index in [9.17, 15) is 14.3 Å². The molecule has 0 aliphatic rings. The number of carboxylic acids is 1. The molecule has 0 bridgehead atoms. The monoisotopic (exact) mass is 781 g/mol. The second kappa shape index (κ2) is 16.7.